The normalized spacial score (nSPS) is 16.6. The molecule has 0 fully saturated rings. The molecule has 0 saturated carbocycles. The summed E-state index contributed by atoms with van der Waals surface area (Å²) in [6, 6.07) is 8.23. The van der Waals surface area contributed by atoms with Gasteiger partial charge in [-0.15, -0.1) is 0 Å². The van der Waals surface area contributed by atoms with Crippen molar-refractivity contribution in [1.82, 2.24) is 4.57 Å². The highest BCUT2D eigenvalue weighted by Crippen LogP contribution is 2.36. The number of nitro groups is 1. The standard InChI is InChI=1S/C16H16N2O3/c1-16(2)9-14-13(15(19)10-16)7-8-17(14)11-3-5-12(6-4-11)18(20)21/h3-8H,9-10H2,1-2H3. The number of aromatic nitrogens is 1. The number of ketones is 1. The summed E-state index contributed by atoms with van der Waals surface area (Å²) < 4.78 is 1.96. The van der Waals surface area contributed by atoms with Crippen LogP contribution in [0.2, 0.25) is 0 Å². The molecule has 0 bridgehead atoms. The van der Waals surface area contributed by atoms with Crippen LogP contribution >= 0.6 is 0 Å². The van der Waals surface area contributed by atoms with E-state index < -0.39 is 4.92 Å². The van der Waals surface area contributed by atoms with Crippen LogP contribution in [0.25, 0.3) is 5.69 Å². The third-order valence-corrected chi connectivity index (χ3v) is 3.92. The number of hydrogen-bond acceptors (Lipinski definition) is 3. The van der Waals surface area contributed by atoms with Crippen molar-refractivity contribution in [2.75, 3.05) is 0 Å². The lowest BCUT2D eigenvalue weighted by Crippen LogP contribution is -2.27. The Morgan fingerprint density at radius 3 is 2.43 bits per heavy atom. The zero-order valence-corrected chi connectivity index (χ0v) is 12.0. The van der Waals surface area contributed by atoms with Crippen LogP contribution in [0.3, 0.4) is 0 Å². The van der Waals surface area contributed by atoms with Crippen molar-refractivity contribution in [3.63, 3.8) is 0 Å². The van der Waals surface area contributed by atoms with Crippen molar-refractivity contribution < 1.29 is 9.72 Å². The molecule has 0 spiro atoms. The van der Waals surface area contributed by atoms with Gasteiger partial charge in [-0.05, 0) is 30.0 Å². The van der Waals surface area contributed by atoms with Crippen LogP contribution in [0.5, 0.6) is 0 Å². The minimum atomic E-state index is -0.415. The Kier molecular flexibility index (Phi) is 2.93. The molecule has 0 atom stereocenters. The molecule has 0 aliphatic heterocycles. The molecular weight excluding hydrogens is 268 g/mol. The number of benzene rings is 1. The molecule has 108 valence electrons. The molecule has 2 aromatic rings. The van der Waals surface area contributed by atoms with Gasteiger partial charge in [-0.3, -0.25) is 14.9 Å². The summed E-state index contributed by atoms with van der Waals surface area (Å²) in [4.78, 5) is 22.5. The molecule has 0 radical (unpaired) electrons. The van der Waals surface area contributed by atoms with Crippen LogP contribution in [0.1, 0.15) is 36.3 Å². The van der Waals surface area contributed by atoms with E-state index in [4.69, 9.17) is 0 Å². The zero-order valence-electron chi connectivity index (χ0n) is 12.0. The average Bonchev–Trinajstić information content (AvgIpc) is 2.81. The van der Waals surface area contributed by atoms with Gasteiger partial charge < -0.3 is 4.57 Å². The predicted molar refractivity (Wildman–Crippen MR) is 78.9 cm³/mol. The molecule has 0 saturated heterocycles. The van der Waals surface area contributed by atoms with E-state index in [2.05, 4.69) is 13.8 Å². The number of carbonyl (C=O) groups is 1. The first-order valence-corrected chi connectivity index (χ1v) is 6.86. The maximum Gasteiger partial charge on any atom is 0.269 e. The van der Waals surface area contributed by atoms with Crippen molar-refractivity contribution in [3.05, 3.63) is 57.9 Å². The largest absolute Gasteiger partial charge is 0.320 e. The summed E-state index contributed by atoms with van der Waals surface area (Å²) in [6.45, 7) is 4.17. The van der Waals surface area contributed by atoms with Crippen LogP contribution in [0.15, 0.2) is 36.5 Å². The van der Waals surface area contributed by atoms with Gasteiger partial charge >= 0.3 is 0 Å². The summed E-state index contributed by atoms with van der Waals surface area (Å²) in [7, 11) is 0. The number of hydrogen-bond donors (Lipinski definition) is 0. The summed E-state index contributed by atoms with van der Waals surface area (Å²) in [6.07, 6.45) is 3.24. The maximum absolute atomic E-state index is 12.2. The van der Waals surface area contributed by atoms with E-state index in [1.165, 1.54) is 12.1 Å². The third kappa shape index (κ3) is 2.35. The minimum absolute atomic E-state index is 0.0546. The van der Waals surface area contributed by atoms with Gasteiger partial charge in [-0.1, -0.05) is 13.8 Å². The van der Waals surface area contributed by atoms with E-state index in [1.54, 1.807) is 12.1 Å². The van der Waals surface area contributed by atoms with Crippen molar-refractivity contribution in [3.8, 4) is 5.69 Å². The molecule has 5 heteroatoms. The Hall–Kier alpha value is -2.43. The van der Waals surface area contributed by atoms with E-state index in [-0.39, 0.29) is 16.9 Å². The van der Waals surface area contributed by atoms with Crippen molar-refractivity contribution in [2.24, 2.45) is 5.41 Å². The van der Waals surface area contributed by atoms with Crippen molar-refractivity contribution >= 4 is 11.5 Å². The number of Topliss-reactive ketones (excluding diaryl/α,β-unsaturated/α-hetero) is 1. The third-order valence-electron chi connectivity index (χ3n) is 3.92. The number of non-ortho nitro benzene ring substituents is 1. The zero-order chi connectivity index (χ0) is 15.2. The first-order valence-electron chi connectivity index (χ1n) is 6.86. The van der Waals surface area contributed by atoms with E-state index in [9.17, 15) is 14.9 Å². The number of nitrogens with zero attached hydrogens (tertiary/aromatic N) is 2. The van der Waals surface area contributed by atoms with Crippen LogP contribution < -0.4 is 0 Å². The van der Waals surface area contributed by atoms with Crippen LogP contribution in [-0.2, 0) is 6.42 Å². The maximum atomic E-state index is 12.2. The van der Waals surface area contributed by atoms with Gasteiger partial charge in [0.15, 0.2) is 5.78 Å². The first-order chi connectivity index (χ1) is 9.87. The fourth-order valence-corrected chi connectivity index (χ4v) is 2.92. The van der Waals surface area contributed by atoms with Gasteiger partial charge in [0.1, 0.15) is 0 Å². The Balaban J connectivity index is 2.05. The Labute approximate surface area is 122 Å². The van der Waals surface area contributed by atoms with E-state index in [0.717, 1.165) is 23.4 Å². The lowest BCUT2D eigenvalue weighted by molar-refractivity contribution is -0.384. The lowest BCUT2D eigenvalue weighted by Gasteiger charge is -2.29. The van der Waals surface area contributed by atoms with Gasteiger partial charge in [-0.25, -0.2) is 0 Å². The first kappa shape index (κ1) is 13.5. The van der Waals surface area contributed by atoms with Gasteiger partial charge in [0.25, 0.3) is 5.69 Å². The summed E-state index contributed by atoms with van der Waals surface area (Å²) >= 11 is 0. The van der Waals surface area contributed by atoms with Crippen LogP contribution in [0.4, 0.5) is 5.69 Å². The molecule has 0 unspecified atom stereocenters. The number of rotatable bonds is 2. The second kappa shape index (κ2) is 4.55. The summed E-state index contributed by atoms with van der Waals surface area (Å²) in [5, 5.41) is 10.7. The highest BCUT2D eigenvalue weighted by molar-refractivity contribution is 5.99. The second-order valence-corrected chi connectivity index (χ2v) is 6.26. The fourth-order valence-electron chi connectivity index (χ4n) is 2.92. The van der Waals surface area contributed by atoms with Gasteiger partial charge in [-0.2, -0.15) is 0 Å². The molecule has 5 nitrogen and oxygen atoms in total. The van der Waals surface area contributed by atoms with Gasteiger partial charge in [0.2, 0.25) is 0 Å². The molecule has 0 amide bonds. The molecule has 0 N–H and O–H groups in total. The van der Waals surface area contributed by atoms with Gasteiger partial charge in [0, 0.05) is 41.7 Å². The quantitative estimate of drug-likeness (QED) is 0.625. The van der Waals surface area contributed by atoms with E-state index in [0.29, 0.717) is 6.42 Å². The topological polar surface area (TPSA) is 65.1 Å². The number of nitro benzene ring substituents is 1. The van der Waals surface area contributed by atoms with Crippen LogP contribution in [0, 0.1) is 15.5 Å². The molecular formula is C16H16N2O3. The predicted octanol–water partition coefficient (Wildman–Crippen LogP) is 3.54. The minimum Gasteiger partial charge on any atom is -0.320 e. The van der Waals surface area contributed by atoms with E-state index >= 15 is 0 Å². The highest BCUT2D eigenvalue weighted by atomic mass is 16.6. The summed E-state index contributed by atoms with van der Waals surface area (Å²) in [5.41, 5.74) is 2.61. The smallest absolute Gasteiger partial charge is 0.269 e. The monoisotopic (exact) mass is 284 g/mol. The SMILES string of the molecule is CC1(C)CC(=O)c2ccn(-c3ccc([N+](=O)[O-])cc3)c2C1. The van der Waals surface area contributed by atoms with Crippen LogP contribution in [-0.4, -0.2) is 15.3 Å². The Morgan fingerprint density at radius 2 is 1.81 bits per heavy atom. The molecule has 3 rings (SSSR count). The van der Waals surface area contributed by atoms with Crippen molar-refractivity contribution in [1.29, 1.82) is 0 Å². The van der Waals surface area contributed by atoms with Crippen molar-refractivity contribution in [2.45, 2.75) is 26.7 Å². The Bertz CT molecular complexity index is 726. The molecule has 1 aliphatic carbocycles. The molecule has 1 aromatic heterocycles. The Morgan fingerprint density at radius 1 is 1.14 bits per heavy atom. The molecule has 21 heavy (non-hydrogen) atoms. The summed E-state index contributed by atoms with van der Waals surface area (Å²) in [5.74, 6) is 0.168. The molecule has 1 aromatic carbocycles. The fraction of sp³-hybridized carbons (Fsp3) is 0.312. The lowest BCUT2D eigenvalue weighted by atomic mass is 9.76. The number of fused-ring (bicyclic) bond motifs is 1. The molecule has 1 heterocycles. The molecule has 1 aliphatic rings. The van der Waals surface area contributed by atoms with E-state index in [1.807, 2.05) is 16.8 Å². The number of carbonyl (C=O) groups excluding carboxylic acids is 1. The second-order valence-electron chi connectivity index (χ2n) is 6.26. The van der Waals surface area contributed by atoms with Gasteiger partial charge in [0.05, 0.1) is 4.92 Å². The highest BCUT2D eigenvalue weighted by Gasteiger charge is 2.33. The average molecular weight is 284 g/mol.